The van der Waals surface area contributed by atoms with Gasteiger partial charge in [0, 0.05) is 44.0 Å². The molecule has 3 heterocycles. The summed E-state index contributed by atoms with van der Waals surface area (Å²) in [7, 11) is 0. The zero-order valence-corrected chi connectivity index (χ0v) is 16.3. The lowest BCUT2D eigenvalue weighted by atomic mass is 9.95. The van der Waals surface area contributed by atoms with Gasteiger partial charge in [0.2, 0.25) is 0 Å². The van der Waals surface area contributed by atoms with E-state index in [1.165, 1.54) is 32.1 Å². The van der Waals surface area contributed by atoms with Gasteiger partial charge in [0.25, 0.3) is 0 Å². The predicted molar refractivity (Wildman–Crippen MR) is 112 cm³/mol. The van der Waals surface area contributed by atoms with Crippen LogP contribution in [0.1, 0.15) is 37.7 Å². The maximum atomic E-state index is 9.19. The molecule has 4 rings (SSSR count). The van der Waals surface area contributed by atoms with Crippen molar-refractivity contribution >= 4 is 11.6 Å². The van der Waals surface area contributed by atoms with E-state index < -0.39 is 0 Å². The summed E-state index contributed by atoms with van der Waals surface area (Å²) in [6.07, 6.45) is 8.61. The Morgan fingerprint density at radius 2 is 1.96 bits per heavy atom. The van der Waals surface area contributed by atoms with E-state index in [9.17, 15) is 5.26 Å². The van der Waals surface area contributed by atoms with Crippen molar-refractivity contribution in [3.8, 4) is 17.3 Å². The average Bonchev–Trinajstić information content (AvgIpc) is 2.75. The van der Waals surface area contributed by atoms with E-state index in [0.717, 1.165) is 54.6 Å². The lowest BCUT2D eigenvalue weighted by molar-refractivity contribution is 0.462. The van der Waals surface area contributed by atoms with Crippen LogP contribution >= 0.6 is 0 Å². The van der Waals surface area contributed by atoms with Gasteiger partial charge in [-0.2, -0.15) is 5.26 Å². The summed E-state index contributed by atoms with van der Waals surface area (Å²) in [5.41, 5.74) is 2.97. The highest BCUT2D eigenvalue weighted by atomic mass is 15.2. The van der Waals surface area contributed by atoms with E-state index in [1.807, 2.05) is 18.3 Å². The fraction of sp³-hybridized carbons (Fsp3) is 0.500. The Hall–Kier alpha value is -2.65. The molecule has 2 aromatic heterocycles. The number of nitrogens with zero attached hydrogens (tertiary/aromatic N) is 4. The molecule has 2 fully saturated rings. The second-order valence-corrected chi connectivity index (χ2v) is 7.70. The van der Waals surface area contributed by atoms with Gasteiger partial charge in [-0.15, -0.1) is 0 Å². The third-order valence-electron chi connectivity index (χ3n) is 5.61. The lowest BCUT2D eigenvalue weighted by Gasteiger charge is -2.29. The fourth-order valence-electron chi connectivity index (χ4n) is 4.09. The largest absolute Gasteiger partial charge is 0.367 e. The number of anilines is 2. The summed E-state index contributed by atoms with van der Waals surface area (Å²) in [6, 6.07) is 11.0. The molecule has 0 bridgehead atoms. The Morgan fingerprint density at radius 1 is 1.14 bits per heavy atom. The van der Waals surface area contributed by atoms with Crippen LogP contribution in [0.2, 0.25) is 0 Å². The summed E-state index contributed by atoms with van der Waals surface area (Å²) >= 11 is 0. The molecule has 0 radical (unpaired) electrons. The highest BCUT2D eigenvalue weighted by Gasteiger charge is 2.16. The van der Waals surface area contributed by atoms with Crippen LogP contribution in [0.15, 0.2) is 30.5 Å². The highest BCUT2D eigenvalue weighted by Crippen LogP contribution is 2.26. The normalized spacial score (nSPS) is 17.9. The molecular formula is C22H28N6. The number of nitrogens with one attached hydrogen (secondary N) is 2. The number of aromatic nitrogens is 2. The quantitative estimate of drug-likeness (QED) is 0.833. The molecule has 2 N–H and O–H groups in total. The molecule has 1 saturated carbocycles. The Balaban J connectivity index is 1.60. The van der Waals surface area contributed by atoms with Gasteiger partial charge in [-0.25, -0.2) is 9.97 Å². The molecule has 0 atom stereocenters. The maximum Gasteiger partial charge on any atom is 0.129 e. The van der Waals surface area contributed by atoms with E-state index >= 15 is 0 Å². The van der Waals surface area contributed by atoms with Crippen molar-refractivity contribution in [2.75, 3.05) is 36.4 Å². The van der Waals surface area contributed by atoms with E-state index in [1.54, 1.807) is 0 Å². The van der Waals surface area contributed by atoms with Crippen molar-refractivity contribution in [2.45, 2.75) is 44.6 Å². The molecule has 28 heavy (non-hydrogen) atoms. The van der Waals surface area contributed by atoms with Gasteiger partial charge >= 0.3 is 0 Å². The van der Waals surface area contributed by atoms with Crippen LogP contribution in [-0.4, -0.2) is 42.2 Å². The van der Waals surface area contributed by atoms with Crippen molar-refractivity contribution in [1.29, 1.82) is 5.26 Å². The van der Waals surface area contributed by atoms with Gasteiger partial charge in [-0.05, 0) is 42.7 Å². The number of hydrogen-bond donors (Lipinski definition) is 2. The smallest absolute Gasteiger partial charge is 0.129 e. The maximum absolute atomic E-state index is 9.19. The van der Waals surface area contributed by atoms with Crippen LogP contribution in [0.25, 0.3) is 11.3 Å². The molecule has 0 spiro atoms. The third kappa shape index (κ3) is 4.60. The molecule has 0 unspecified atom stereocenters. The van der Waals surface area contributed by atoms with Crippen molar-refractivity contribution in [3.63, 3.8) is 0 Å². The lowest BCUT2D eigenvalue weighted by Crippen LogP contribution is -2.43. The predicted octanol–water partition coefficient (Wildman–Crippen LogP) is 3.36. The molecule has 2 aliphatic rings. The van der Waals surface area contributed by atoms with E-state index in [4.69, 9.17) is 4.98 Å². The summed E-state index contributed by atoms with van der Waals surface area (Å²) in [5, 5.41) is 16.2. The zero-order chi connectivity index (χ0) is 19.2. The van der Waals surface area contributed by atoms with Gasteiger partial charge in [0.05, 0.1) is 18.2 Å². The summed E-state index contributed by atoms with van der Waals surface area (Å²) < 4.78 is 0. The van der Waals surface area contributed by atoms with Crippen molar-refractivity contribution in [1.82, 2.24) is 15.3 Å². The van der Waals surface area contributed by atoms with E-state index in [-0.39, 0.29) is 0 Å². The Morgan fingerprint density at radius 3 is 2.75 bits per heavy atom. The minimum absolute atomic E-state index is 0.396. The molecule has 2 aromatic rings. The number of piperazine rings is 1. The minimum atomic E-state index is 0.396. The zero-order valence-electron chi connectivity index (χ0n) is 16.3. The molecule has 6 heteroatoms. The summed E-state index contributed by atoms with van der Waals surface area (Å²) in [4.78, 5) is 11.7. The molecule has 0 aromatic carbocycles. The van der Waals surface area contributed by atoms with Gasteiger partial charge in [0.15, 0.2) is 0 Å². The number of nitriles is 1. The first-order valence-electron chi connectivity index (χ1n) is 10.4. The average molecular weight is 377 g/mol. The van der Waals surface area contributed by atoms with Crippen LogP contribution in [0.3, 0.4) is 0 Å². The van der Waals surface area contributed by atoms with Crippen LogP contribution in [0.5, 0.6) is 0 Å². The first-order valence-corrected chi connectivity index (χ1v) is 10.4. The van der Waals surface area contributed by atoms with E-state index in [0.29, 0.717) is 12.5 Å². The second kappa shape index (κ2) is 9.03. The number of hydrogen-bond acceptors (Lipinski definition) is 6. The third-order valence-corrected chi connectivity index (χ3v) is 5.61. The second-order valence-electron chi connectivity index (χ2n) is 7.70. The van der Waals surface area contributed by atoms with Crippen LogP contribution in [-0.2, 0) is 6.42 Å². The number of pyridine rings is 2. The molecule has 1 saturated heterocycles. The molecular weight excluding hydrogens is 348 g/mol. The Labute approximate surface area is 167 Å². The first-order chi connectivity index (χ1) is 13.8. The molecule has 1 aliphatic carbocycles. The van der Waals surface area contributed by atoms with Crippen molar-refractivity contribution < 1.29 is 0 Å². The van der Waals surface area contributed by atoms with Crippen LogP contribution in [0.4, 0.5) is 11.6 Å². The SMILES string of the molecule is N#CCc1cc(-c2ccnc(NC3CCCCC3)c2)nc(N2CCNCC2)c1. The van der Waals surface area contributed by atoms with Gasteiger partial charge in [0.1, 0.15) is 11.6 Å². The molecule has 0 amide bonds. The van der Waals surface area contributed by atoms with Gasteiger partial charge in [-0.3, -0.25) is 0 Å². The van der Waals surface area contributed by atoms with Crippen molar-refractivity contribution in [3.05, 3.63) is 36.0 Å². The standard InChI is InChI=1S/C22H28N6/c23-8-6-17-14-20(27-22(15-17)28-12-10-24-11-13-28)18-7-9-25-21(16-18)26-19-4-2-1-3-5-19/h7,9,14-16,19,24H,1-6,10-13H2,(H,25,26). The summed E-state index contributed by atoms with van der Waals surface area (Å²) in [6.45, 7) is 3.80. The molecule has 6 nitrogen and oxygen atoms in total. The van der Waals surface area contributed by atoms with Crippen LogP contribution in [0, 0.1) is 11.3 Å². The highest BCUT2D eigenvalue weighted by molar-refractivity contribution is 5.66. The summed E-state index contributed by atoms with van der Waals surface area (Å²) in [5.74, 6) is 1.88. The van der Waals surface area contributed by atoms with Crippen LogP contribution < -0.4 is 15.5 Å². The van der Waals surface area contributed by atoms with Gasteiger partial charge < -0.3 is 15.5 Å². The monoisotopic (exact) mass is 376 g/mol. The Bertz CT molecular complexity index is 831. The van der Waals surface area contributed by atoms with E-state index in [2.05, 4.69) is 38.7 Å². The van der Waals surface area contributed by atoms with Gasteiger partial charge in [-0.1, -0.05) is 19.3 Å². The fourth-order valence-corrected chi connectivity index (χ4v) is 4.09. The number of rotatable bonds is 5. The Kier molecular flexibility index (Phi) is 6.03. The van der Waals surface area contributed by atoms with Crippen molar-refractivity contribution in [2.24, 2.45) is 0 Å². The first kappa shape index (κ1) is 18.7. The minimum Gasteiger partial charge on any atom is -0.367 e. The molecule has 146 valence electrons. The topological polar surface area (TPSA) is 76.9 Å². The molecule has 1 aliphatic heterocycles.